The van der Waals surface area contributed by atoms with E-state index in [0.717, 1.165) is 0 Å². The lowest BCUT2D eigenvalue weighted by Crippen LogP contribution is -2.48. The van der Waals surface area contributed by atoms with E-state index in [-0.39, 0.29) is 34.9 Å². The van der Waals surface area contributed by atoms with Crippen LogP contribution in [0.4, 0.5) is 0 Å². The minimum atomic E-state index is -3.92. The topological polar surface area (TPSA) is 128 Å². The number of ether oxygens (including phenoxy) is 1. The molecule has 0 radical (unpaired) electrons. The van der Waals surface area contributed by atoms with Gasteiger partial charge in [0, 0.05) is 13.1 Å². The van der Waals surface area contributed by atoms with E-state index < -0.39 is 15.4 Å². The first-order valence-electron chi connectivity index (χ1n) is 8.43. The van der Waals surface area contributed by atoms with Crippen LogP contribution in [0.5, 0.6) is 5.75 Å². The Morgan fingerprint density at radius 2 is 2.15 bits per heavy atom. The van der Waals surface area contributed by atoms with E-state index >= 15 is 0 Å². The summed E-state index contributed by atoms with van der Waals surface area (Å²) in [7, 11) is -2.55. The summed E-state index contributed by atoms with van der Waals surface area (Å²) in [4.78, 5) is 24.7. The summed E-state index contributed by atoms with van der Waals surface area (Å²) in [6, 6.07) is 4.66. The van der Waals surface area contributed by atoms with Crippen molar-refractivity contribution in [1.82, 2.24) is 10.6 Å². The lowest BCUT2D eigenvalue weighted by Gasteiger charge is -2.27. The summed E-state index contributed by atoms with van der Waals surface area (Å²) >= 11 is 0. The molecule has 1 aromatic rings. The van der Waals surface area contributed by atoms with E-state index in [9.17, 15) is 18.0 Å². The second-order valence-corrected chi connectivity index (χ2v) is 8.00. The van der Waals surface area contributed by atoms with Gasteiger partial charge in [-0.25, -0.2) is 13.6 Å². The highest BCUT2D eigenvalue weighted by molar-refractivity contribution is 7.89. The monoisotopic (exact) mass is 383 g/mol. The van der Waals surface area contributed by atoms with Crippen molar-refractivity contribution in [2.45, 2.75) is 31.6 Å². The highest BCUT2D eigenvalue weighted by atomic mass is 32.2. The maximum atomic E-state index is 12.6. The molecule has 144 valence electrons. The van der Waals surface area contributed by atoms with Crippen LogP contribution in [0.15, 0.2) is 23.1 Å². The maximum absolute atomic E-state index is 12.6. The Labute approximate surface area is 153 Å². The Bertz CT molecular complexity index is 809. The van der Waals surface area contributed by atoms with Gasteiger partial charge < -0.3 is 15.4 Å². The van der Waals surface area contributed by atoms with Gasteiger partial charge >= 0.3 is 0 Å². The second kappa shape index (κ2) is 7.63. The van der Waals surface area contributed by atoms with Crippen molar-refractivity contribution >= 4 is 21.8 Å². The fourth-order valence-electron chi connectivity index (χ4n) is 3.38. The van der Waals surface area contributed by atoms with E-state index in [0.29, 0.717) is 24.9 Å². The van der Waals surface area contributed by atoms with Crippen molar-refractivity contribution in [2.24, 2.45) is 16.5 Å². The van der Waals surface area contributed by atoms with Crippen molar-refractivity contribution in [3.8, 4) is 5.75 Å². The summed E-state index contributed by atoms with van der Waals surface area (Å²) in [5, 5.41) is 10.7. The largest absolute Gasteiger partial charge is 0.495 e. The van der Waals surface area contributed by atoms with E-state index in [1.807, 2.05) is 13.8 Å². The van der Waals surface area contributed by atoms with Crippen LogP contribution in [0.2, 0.25) is 0 Å². The molecule has 0 bridgehead atoms. The number of methoxy groups -OCH3 is 1. The first-order chi connectivity index (χ1) is 12.2. The van der Waals surface area contributed by atoms with E-state index in [2.05, 4.69) is 10.6 Å². The molecule has 0 aliphatic carbocycles. The van der Waals surface area contributed by atoms with Gasteiger partial charge in [-0.15, -0.1) is 0 Å². The molecule has 0 aromatic heterocycles. The predicted molar refractivity (Wildman–Crippen MR) is 96.0 cm³/mol. The predicted octanol–water partition coefficient (Wildman–Crippen LogP) is 0.164. The molecule has 1 heterocycles. The van der Waals surface area contributed by atoms with Crippen LogP contribution in [0.3, 0.4) is 0 Å². The van der Waals surface area contributed by atoms with Crippen molar-refractivity contribution in [1.29, 1.82) is 0 Å². The fourth-order valence-corrected chi connectivity index (χ4v) is 4.12. The Morgan fingerprint density at radius 1 is 1.46 bits per heavy atom. The normalized spacial score (nSPS) is 22.8. The van der Waals surface area contributed by atoms with Gasteiger partial charge in [-0.3, -0.25) is 9.59 Å². The number of rotatable bonds is 7. The average molecular weight is 383 g/mol. The van der Waals surface area contributed by atoms with Crippen LogP contribution >= 0.6 is 0 Å². The van der Waals surface area contributed by atoms with Crippen LogP contribution in [0.25, 0.3) is 0 Å². The standard InChI is InChI=1S/C17H25N3O5S/c1-4-17(11(2)10-20-16(17)22)15(21)19-8-7-12-5-6-13(25-3)14(9-12)26(18,23)24/h5-6,9,11H,4,7-8,10H2,1-3H3,(H,19,21)(H,20,22)(H2,18,23,24). The molecule has 8 nitrogen and oxygen atoms in total. The molecule has 0 spiro atoms. The van der Waals surface area contributed by atoms with Gasteiger partial charge in [0.25, 0.3) is 0 Å². The number of benzene rings is 1. The number of amides is 2. The smallest absolute Gasteiger partial charge is 0.241 e. The minimum Gasteiger partial charge on any atom is -0.495 e. The molecular formula is C17H25N3O5S. The quantitative estimate of drug-likeness (QED) is 0.578. The second-order valence-electron chi connectivity index (χ2n) is 6.47. The summed E-state index contributed by atoms with van der Waals surface area (Å²) in [6.45, 7) is 4.46. The van der Waals surface area contributed by atoms with Crippen LogP contribution in [-0.4, -0.2) is 40.4 Å². The average Bonchev–Trinajstić information content (AvgIpc) is 2.89. The van der Waals surface area contributed by atoms with Gasteiger partial charge in [-0.1, -0.05) is 19.9 Å². The third-order valence-electron chi connectivity index (χ3n) is 5.01. The van der Waals surface area contributed by atoms with Crippen molar-refractivity contribution in [3.05, 3.63) is 23.8 Å². The van der Waals surface area contributed by atoms with Crippen LogP contribution in [0, 0.1) is 11.3 Å². The zero-order valence-electron chi connectivity index (χ0n) is 15.2. The molecule has 2 amide bonds. The molecule has 1 aromatic carbocycles. The first-order valence-corrected chi connectivity index (χ1v) is 9.97. The molecule has 1 aliphatic heterocycles. The number of nitrogens with one attached hydrogen (secondary N) is 2. The molecule has 1 aliphatic rings. The number of sulfonamides is 1. The summed E-state index contributed by atoms with van der Waals surface area (Å²) in [6.07, 6.45) is 0.817. The molecule has 2 atom stereocenters. The number of nitrogens with two attached hydrogens (primary N) is 1. The fraction of sp³-hybridized carbons (Fsp3) is 0.529. The van der Waals surface area contributed by atoms with Gasteiger partial charge in [0.05, 0.1) is 7.11 Å². The van der Waals surface area contributed by atoms with Gasteiger partial charge in [-0.05, 0) is 36.5 Å². The Balaban J connectivity index is 2.08. The SMILES string of the molecule is CCC1(C(=O)NCCc2ccc(OC)c(S(N)(=O)=O)c2)C(=O)NCC1C. The van der Waals surface area contributed by atoms with Crippen LogP contribution in [-0.2, 0) is 26.0 Å². The maximum Gasteiger partial charge on any atom is 0.241 e. The molecule has 4 N–H and O–H groups in total. The van der Waals surface area contributed by atoms with Crippen molar-refractivity contribution in [3.63, 3.8) is 0 Å². The zero-order valence-corrected chi connectivity index (χ0v) is 16.0. The van der Waals surface area contributed by atoms with Gasteiger partial charge in [-0.2, -0.15) is 0 Å². The number of primary sulfonamides is 1. The molecule has 2 rings (SSSR count). The third-order valence-corrected chi connectivity index (χ3v) is 5.94. The highest BCUT2D eigenvalue weighted by Gasteiger charge is 2.52. The summed E-state index contributed by atoms with van der Waals surface area (Å²) < 4.78 is 28.3. The van der Waals surface area contributed by atoms with Gasteiger partial charge in [0.1, 0.15) is 16.1 Å². The zero-order chi connectivity index (χ0) is 19.5. The molecule has 1 saturated heterocycles. The van der Waals surface area contributed by atoms with Crippen molar-refractivity contribution in [2.75, 3.05) is 20.2 Å². The first kappa shape index (κ1) is 20.2. The number of carbonyl (C=O) groups is 2. The number of hydrogen-bond donors (Lipinski definition) is 3. The highest BCUT2D eigenvalue weighted by Crippen LogP contribution is 2.36. The number of hydrogen-bond acceptors (Lipinski definition) is 5. The summed E-state index contributed by atoms with van der Waals surface area (Å²) in [5.41, 5.74) is -0.365. The molecule has 1 fully saturated rings. The molecule has 26 heavy (non-hydrogen) atoms. The van der Waals surface area contributed by atoms with Gasteiger partial charge in [0.2, 0.25) is 21.8 Å². The number of carbonyl (C=O) groups excluding carboxylic acids is 2. The lowest BCUT2D eigenvalue weighted by molar-refractivity contribution is -0.143. The van der Waals surface area contributed by atoms with E-state index in [1.54, 1.807) is 6.07 Å². The Kier molecular flexibility index (Phi) is 5.92. The minimum absolute atomic E-state index is 0.0880. The van der Waals surface area contributed by atoms with E-state index in [1.165, 1.54) is 19.2 Å². The lowest BCUT2D eigenvalue weighted by atomic mass is 9.75. The third kappa shape index (κ3) is 3.68. The summed E-state index contributed by atoms with van der Waals surface area (Å²) in [5.74, 6) is -0.467. The molecule has 2 unspecified atom stereocenters. The van der Waals surface area contributed by atoms with Crippen molar-refractivity contribution < 1.29 is 22.7 Å². The Morgan fingerprint density at radius 3 is 2.65 bits per heavy atom. The Hall–Kier alpha value is -2.13. The molecule has 0 saturated carbocycles. The molecular weight excluding hydrogens is 358 g/mol. The van der Waals surface area contributed by atoms with E-state index in [4.69, 9.17) is 9.88 Å². The van der Waals surface area contributed by atoms with Gasteiger partial charge in [0.15, 0.2) is 0 Å². The van der Waals surface area contributed by atoms with Crippen LogP contribution in [0.1, 0.15) is 25.8 Å². The molecule has 9 heteroatoms. The van der Waals surface area contributed by atoms with Crippen LogP contribution < -0.4 is 20.5 Å².